The van der Waals surface area contributed by atoms with Crippen molar-refractivity contribution in [2.45, 2.75) is 25.5 Å². The van der Waals surface area contributed by atoms with Crippen molar-refractivity contribution in [3.05, 3.63) is 63.6 Å². The fraction of sp³-hybridized carbons (Fsp3) is 0.381. The number of benzene rings is 2. The van der Waals surface area contributed by atoms with Crippen LogP contribution in [0.25, 0.3) is 0 Å². The zero-order valence-electron chi connectivity index (χ0n) is 15.7. The van der Waals surface area contributed by atoms with Crippen molar-refractivity contribution in [3.63, 3.8) is 0 Å². The van der Waals surface area contributed by atoms with Crippen LogP contribution in [0.2, 0.25) is 10.0 Å². The Kier molecular flexibility index (Phi) is 7.57. The highest BCUT2D eigenvalue weighted by Crippen LogP contribution is 2.28. The van der Waals surface area contributed by atoms with Crippen molar-refractivity contribution in [1.29, 1.82) is 0 Å². The summed E-state index contributed by atoms with van der Waals surface area (Å²) in [4.78, 5) is 14.5. The average Bonchev–Trinajstić information content (AvgIpc) is 2.72. The first kappa shape index (κ1) is 20.9. The largest absolute Gasteiger partial charge is 0.490 e. The van der Waals surface area contributed by atoms with Gasteiger partial charge in [0, 0.05) is 44.4 Å². The number of rotatable bonds is 7. The summed E-state index contributed by atoms with van der Waals surface area (Å²) < 4.78 is 6.01. The highest BCUT2D eigenvalue weighted by atomic mass is 35.5. The van der Waals surface area contributed by atoms with E-state index in [1.54, 1.807) is 12.1 Å². The van der Waals surface area contributed by atoms with Crippen molar-refractivity contribution < 1.29 is 9.53 Å². The molecule has 1 heterocycles. The Labute approximate surface area is 175 Å². The molecule has 0 unspecified atom stereocenters. The molecule has 3 N–H and O–H groups in total. The molecule has 5 nitrogen and oxygen atoms in total. The third-order valence-electron chi connectivity index (χ3n) is 4.89. The van der Waals surface area contributed by atoms with Crippen LogP contribution in [0.3, 0.4) is 0 Å². The van der Waals surface area contributed by atoms with E-state index < -0.39 is 0 Å². The lowest BCUT2D eigenvalue weighted by molar-refractivity contribution is 0.0905. The molecule has 2 aromatic carbocycles. The van der Waals surface area contributed by atoms with Crippen LogP contribution >= 0.6 is 23.2 Å². The Balaban J connectivity index is 1.37. The van der Waals surface area contributed by atoms with Crippen LogP contribution in [0.5, 0.6) is 5.75 Å². The molecule has 0 aromatic heterocycles. The second-order valence-corrected chi connectivity index (χ2v) is 7.71. The summed E-state index contributed by atoms with van der Waals surface area (Å²) in [7, 11) is 0. The molecule has 0 spiro atoms. The Morgan fingerprint density at radius 1 is 1.11 bits per heavy atom. The maximum Gasteiger partial charge on any atom is 0.251 e. The van der Waals surface area contributed by atoms with Gasteiger partial charge in [0.05, 0.1) is 10.0 Å². The Hall–Kier alpha value is -1.79. The van der Waals surface area contributed by atoms with E-state index in [0.717, 1.165) is 43.8 Å². The number of amides is 1. The lowest BCUT2D eigenvalue weighted by Gasteiger charge is -2.32. The van der Waals surface area contributed by atoms with Crippen LogP contribution < -0.4 is 15.8 Å². The molecule has 0 saturated carbocycles. The van der Waals surface area contributed by atoms with E-state index in [1.165, 1.54) is 0 Å². The number of piperidine rings is 1. The van der Waals surface area contributed by atoms with E-state index in [4.69, 9.17) is 33.7 Å². The van der Waals surface area contributed by atoms with Gasteiger partial charge in [-0.25, -0.2) is 0 Å². The summed E-state index contributed by atoms with van der Waals surface area (Å²) in [5, 5.41) is 4.01. The van der Waals surface area contributed by atoms with Gasteiger partial charge in [-0.05, 0) is 42.7 Å². The highest BCUT2D eigenvalue weighted by molar-refractivity contribution is 6.42. The predicted molar refractivity (Wildman–Crippen MR) is 113 cm³/mol. The second-order valence-electron chi connectivity index (χ2n) is 6.89. The van der Waals surface area contributed by atoms with E-state index in [0.29, 0.717) is 28.7 Å². The van der Waals surface area contributed by atoms with Crippen LogP contribution in [0.1, 0.15) is 28.8 Å². The molecule has 1 fully saturated rings. The molecule has 3 rings (SSSR count). The fourth-order valence-corrected chi connectivity index (χ4v) is 3.50. The molecule has 0 radical (unpaired) electrons. The number of halogens is 2. The number of carbonyl (C=O) groups excluding carboxylic acids is 1. The van der Waals surface area contributed by atoms with Gasteiger partial charge in [-0.2, -0.15) is 0 Å². The average molecular weight is 422 g/mol. The molecule has 1 saturated heterocycles. The Bertz CT molecular complexity index is 791. The van der Waals surface area contributed by atoms with Gasteiger partial charge in [-0.3, -0.25) is 4.79 Å². The Morgan fingerprint density at radius 3 is 2.46 bits per heavy atom. The molecule has 1 aliphatic heterocycles. The maximum atomic E-state index is 12.2. The lowest BCUT2D eigenvalue weighted by Crippen LogP contribution is -2.42. The summed E-state index contributed by atoms with van der Waals surface area (Å²) in [6.07, 6.45) is 2.05. The number of ether oxygens (including phenoxy) is 1. The minimum atomic E-state index is -0.0543. The molecule has 7 heteroatoms. The summed E-state index contributed by atoms with van der Waals surface area (Å²) in [5.41, 5.74) is 7.25. The first-order chi connectivity index (χ1) is 13.5. The normalized spacial score (nSPS) is 15.4. The number of nitrogens with two attached hydrogens (primary N) is 1. The van der Waals surface area contributed by atoms with Gasteiger partial charge < -0.3 is 20.7 Å². The number of hydrogen-bond acceptors (Lipinski definition) is 4. The van der Waals surface area contributed by atoms with Crippen molar-refractivity contribution in [1.82, 2.24) is 10.2 Å². The number of nitrogens with one attached hydrogen (secondary N) is 1. The molecule has 2 aromatic rings. The van der Waals surface area contributed by atoms with E-state index in [1.807, 2.05) is 30.3 Å². The van der Waals surface area contributed by atoms with Gasteiger partial charge in [0.15, 0.2) is 0 Å². The van der Waals surface area contributed by atoms with Gasteiger partial charge in [-0.1, -0.05) is 35.3 Å². The molecule has 1 amide bonds. The number of hydrogen-bond donors (Lipinski definition) is 2. The van der Waals surface area contributed by atoms with Crippen molar-refractivity contribution >= 4 is 29.1 Å². The molecular weight excluding hydrogens is 397 g/mol. The van der Waals surface area contributed by atoms with Crippen LogP contribution in [-0.2, 0) is 6.54 Å². The summed E-state index contributed by atoms with van der Waals surface area (Å²) in [5.74, 6) is 0.696. The van der Waals surface area contributed by atoms with Gasteiger partial charge in [0.1, 0.15) is 11.9 Å². The smallest absolute Gasteiger partial charge is 0.251 e. The highest BCUT2D eigenvalue weighted by Gasteiger charge is 2.20. The van der Waals surface area contributed by atoms with Crippen LogP contribution in [0.15, 0.2) is 42.5 Å². The zero-order chi connectivity index (χ0) is 19.9. The van der Waals surface area contributed by atoms with E-state index >= 15 is 0 Å². The van der Waals surface area contributed by atoms with Crippen LogP contribution in [0.4, 0.5) is 0 Å². The number of nitrogens with zero attached hydrogens (tertiary/aromatic N) is 1. The minimum Gasteiger partial charge on any atom is -0.490 e. The predicted octanol–water partition coefficient (Wildman–Crippen LogP) is 3.73. The van der Waals surface area contributed by atoms with Gasteiger partial charge in [0.2, 0.25) is 0 Å². The van der Waals surface area contributed by atoms with Crippen LogP contribution in [-0.4, -0.2) is 43.1 Å². The van der Waals surface area contributed by atoms with Gasteiger partial charge in [0.25, 0.3) is 5.91 Å². The molecule has 28 heavy (non-hydrogen) atoms. The molecule has 150 valence electrons. The van der Waals surface area contributed by atoms with Crippen molar-refractivity contribution in [2.24, 2.45) is 5.73 Å². The first-order valence-corrected chi connectivity index (χ1v) is 10.2. The van der Waals surface area contributed by atoms with E-state index in [2.05, 4.69) is 10.2 Å². The third kappa shape index (κ3) is 5.85. The molecular formula is C21H25Cl2N3O2. The maximum absolute atomic E-state index is 12.2. The molecule has 0 atom stereocenters. The van der Waals surface area contributed by atoms with E-state index in [9.17, 15) is 4.79 Å². The first-order valence-electron chi connectivity index (χ1n) is 9.46. The van der Waals surface area contributed by atoms with Crippen molar-refractivity contribution in [3.8, 4) is 5.75 Å². The second kappa shape index (κ2) is 10.1. The minimum absolute atomic E-state index is 0.0543. The quantitative estimate of drug-likeness (QED) is 0.714. The summed E-state index contributed by atoms with van der Waals surface area (Å²) in [6, 6.07) is 12.7. The summed E-state index contributed by atoms with van der Waals surface area (Å²) >= 11 is 12.0. The zero-order valence-corrected chi connectivity index (χ0v) is 17.2. The molecule has 0 aliphatic carbocycles. The fourth-order valence-electron chi connectivity index (χ4n) is 3.22. The summed E-state index contributed by atoms with van der Waals surface area (Å²) in [6.45, 7) is 3.80. The topological polar surface area (TPSA) is 67.6 Å². The lowest BCUT2D eigenvalue weighted by atomic mass is 10.1. The van der Waals surface area contributed by atoms with Gasteiger partial charge in [-0.15, -0.1) is 0 Å². The molecule has 0 bridgehead atoms. The number of carbonyl (C=O) groups is 1. The monoisotopic (exact) mass is 421 g/mol. The SMILES string of the molecule is NCc1ccc(C(=O)NCCN2CCC(Oc3ccc(Cl)c(Cl)c3)CC2)cc1. The third-order valence-corrected chi connectivity index (χ3v) is 5.63. The van der Waals surface area contributed by atoms with Crippen LogP contribution in [0, 0.1) is 0 Å². The van der Waals surface area contributed by atoms with E-state index in [-0.39, 0.29) is 12.0 Å². The number of likely N-dealkylation sites (tertiary alicyclic amines) is 1. The standard InChI is InChI=1S/C21H25Cl2N3O2/c22-19-6-5-18(13-20(19)23)28-17-7-10-26(11-8-17)12-9-25-21(27)16-3-1-15(14-24)2-4-16/h1-6,13,17H,7-12,14,24H2,(H,25,27). The van der Waals surface area contributed by atoms with Crippen molar-refractivity contribution in [2.75, 3.05) is 26.2 Å². The Morgan fingerprint density at radius 2 is 1.82 bits per heavy atom. The molecule has 1 aliphatic rings. The van der Waals surface area contributed by atoms with Gasteiger partial charge >= 0.3 is 0 Å².